The fourth-order valence-electron chi connectivity index (χ4n) is 2.69. The quantitative estimate of drug-likeness (QED) is 0.469. The highest BCUT2D eigenvalue weighted by atomic mass is 35.5. The summed E-state index contributed by atoms with van der Waals surface area (Å²) >= 11 is 7.76. The third-order valence-electron chi connectivity index (χ3n) is 3.94. The Balaban J connectivity index is 2.04. The van der Waals surface area contributed by atoms with E-state index in [2.05, 4.69) is 0 Å². The monoisotopic (exact) mass is 374 g/mol. The summed E-state index contributed by atoms with van der Waals surface area (Å²) < 4.78 is 6.96. The molecule has 0 aliphatic rings. The third kappa shape index (κ3) is 3.89. The van der Waals surface area contributed by atoms with Gasteiger partial charge in [0.2, 0.25) is 0 Å². The van der Waals surface area contributed by atoms with Gasteiger partial charge in [-0.05, 0) is 30.7 Å². The fourth-order valence-corrected chi connectivity index (χ4v) is 4.07. The van der Waals surface area contributed by atoms with Gasteiger partial charge in [0, 0.05) is 17.9 Å². The minimum atomic E-state index is -0.108. The minimum Gasteiger partial charge on any atom is -0.383 e. The third-order valence-corrected chi connectivity index (χ3v) is 5.31. The number of ether oxygens (including phenoxy) is 1. The summed E-state index contributed by atoms with van der Waals surface area (Å²) in [6.07, 6.45) is 0. The summed E-state index contributed by atoms with van der Waals surface area (Å²) in [4.78, 5) is 17.7. The first kappa shape index (κ1) is 18.0. The number of hydrogen-bond donors (Lipinski definition) is 0. The van der Waals surface area contributed by atoms with Crippen molar-refractivity contribution in [3.63, 3.8) is 0 Å². The topological polar surface area (TPSA) is 44.1 Å². The number of nitrogens with zero attached hydrogens (tertiary/aromatic N) is 2. The van der Waals surface area contributed by atoms with E-state index in [1.807, 2.05) is 55.5 Å². The van der Waals surface area contributed by atoms with Crippen molar-refractivity contribution in [1.29, 1.82) is 0 Å². The maximum absolute atomic E-state index is 13.0. The lowest BCUT2D eigenvalue weighted by Gasteiger charge is -2.19. The van der Waals surface area contributed by atoms with E-state index in [1.54, 1.807) is 11.7 Å². The van der Waals surface area contributed by atoms with Gasteiger partial charge >= 0.3 is 0 Å². The van der Waals surface area contributed by atoms with Crippen LogP contribution in [0.25, 0.3) is 10.9 Å². The van der Waals surface area contributed by atoms with E-state index in [0.29, 0.717) is 28.4 Å². The lowest BCUT2D eigenvalue weighted by Crippen LogP contribution is -2.28. The molecule has 0 bridgehead atoms. The standard InChI is InChI=1S/C19H19ClN2O2S/c1-13(11-24-2)22-18(23)15-8-4-6-10-17(15)21-19(22)25-12-14-7-3-5-9-16(14)20/h3-10,13H,11-12H2,1-2H3/t13-/m1/s1. The van der Waals surface area contributed by atoms with Crippen LogP contribution >= 0.6 is 23.4 Å². The summed E-state index contributed by atoms with van der Waals surface area (Å²) in [5.74, 6) is 0.643. The Kier molecular flexibility index (Phi) is 5.78. The average molecular weight is 375 g/mol. The second-order valence-electron chi connectivity index (χ2n) is 5.77. The normalized spacial score (nSPS) is 12.4. The zero-order valence-electron chi connectivity index (χ0n) is 14.1. The van der Waals surface area contributed by atoms with E-state index in [9.17, 15) is 4.79 Å². The van der Waals surface area contributed by atoms with Gasteiger partial charge in [-0.1, -0.05) is 53.7 Å². The van der Waals surface area contributed by atoms with Gasteiger partial charge in [-0.25, -0.2) is 4.98 Å². The van der Waals surface area contributed by atoms with Gasteiger partial charge in [0.05, 0.1) is 23.6 Å². The van der Waals surface area contributed by atoms with Gasteiger partial charge in [-0.2, -0.15) is 0 Å². The predicted molar refractivity (Wildman–Crippen MR) is 104 cm³/mol. The van der Waals surface area contributed by atoms with Crippen molar-refractivity contribution in [2.24, 2.45) is 0 Å². The van der Waals surface area contributed by atoms with Crippen molar-refractivity contribution in [3.8, 4) is 0 Å². The van der Waals surface area contributed by atoms with E-state index in [-0.39, 0.29) is 11.6 Å². The summed E-state index contributed by atoms with van der Waals surface area (Å²) in [6, 6.07) is 15.0. The Labute approximate surface area is 155 Å². The Morgan fingerprint density at radius 1 is 1.20 bits per heavy atom. The van der Waals surface area contributed by atoms with Crippen molar-refractivity contribution in [2.75, 3.05) is 13.7 Å². The molecule has 2 aromatic carbocycles. The van der Waals surface area contributed by atoms with Gasteiger partial charge in [0.25, 0.3) is 5.56 Å². The second kappa shape index (κ2) is 8.04. The van der Waals surface area contributed by atoms with Crippen molar-refractivity contribution in [3.05, 3.63) is 69.5 Å². The molecule has 4 nitrogen and oxygen atoms in total. The molecule has 6 heteroatoms. The smallest absolute Gasteiger partial charge is 0.262 e. The molecule has 25 heavy (non-hydrogen) atoms. The molecule has 0 radical (unpaired) electrons. The molecule has 1 aromatic heterocycles. The molecule has 0 unspecified atom stereocenters. The van der Waals surface area contributed by atoms with Gasteiger partial charge in [0.15, 0.2) is 5.16 Å². The van der Waals surface area contributed by atoms with Crippen LogP contribution in [0, 0.1) is 0 Å². The van der Waals surface area contributed by atoms with Gasteiger partial charge in [-0.15, -0.1) is 0 Å². The van der Waals surface area contributed by atoms with Crippen LogP contribution in [0.15, 0.2) is 58.5 Å². The Hall–Kier alpha value is -1.82. The second-order valence-corrected chi connectivity index (χ2v) is 7.12. The van der Waals surface area contributed by atoms with Crippen LogP contribution in [-0.4, -0.2) is 23.3 Å². The molecule has 0 aliphatic carbocycles. The lowest BCUT2D eigenvalue weighted by molar-refractivity contribution is 0.156. The van der Waals surface area contributed by atoms with Gasteiger partial charge < -0.3 is 4.74 Å². The molecule has 0 saturated carbocycles. The molecule has 0 aliphatic heterocycles. The number of methoxy groups -OCH3 is 1. The molecule has 130 valence electrons. The Morgan fingerprint density at radius 3 is 2.68 bits per heavy atom. The average Bonchev–Trinajstić information content (AvgIpc) is 2.61. The number of rotatable bonds is 6. The Morgan fingerprint density at radius 2 is 1.92 bits per heavy atom. The highest BCUT2D eigenvalue weighted by Gasteiger charge is 2.16. The summed E-state index contributed by atoms with van der Waals surface area (Å²) in [5.41, 5.74) is 1.68. The number of hydrogen-bond acceptors (Lipinski definition) is 4. The highest BCUT2D eigenvalue weighted by molar-refractivity contribution is 7.98. The predicted octanol–water partition coefficient (Wildman–Crippen LogP) is 4.55. The van der Waals surface area contributed by atoms with E-state index >= 15 is 0 Å². The first-order valence-electron chi connectivity index (χ1n) is 7.98. The zero-order valence-corrected chi connectivity index (χ0v) is 15.7. The number of fused-ring (bicyclic) bond motifs is 1. The SMILES string of the molecule is COC[C@@H](C)n1c(SCc2ccccc2Cl)nc2ccccc2c1=O. The van der Waals surface area contributed by atoms with Crippen LogP contribution in [0.5, 0.6) is 0 Å². The van der Waals surface area contributed by atoms with Crippen LogP contribution in [0.2, 0.25) is 5.02 Å². The van der Waals surface area contributed by atoms with Crippen LogP contribution < -0.4 is 5.56 Å². The maximum Gasteiger partial charge on any atom is 0.262 e. The van der Waals surface area contributed by atoms with Gasteiger partial charge in [-0.3, -0.25) is 9.36 Å². The van der Waals surface area contributed by atoms with Crippen LogP contribution in [0.1, 0.15) is 18.5 Å². The number of aromatic nitrogens is 2. The Bertz CT molecular complexity index is 942. The maximum atomic E-state index is 13.0. The van der Waals surface area contributed by atoms with Crippen LogP contribution in [0.4, 0.5) is 0 Å². The van der Waals surface area contributed by atoms with Crippen LogP contribution in [-0.2, 0) is 10.5 Å². The van der Waals surface area contributed by atoms with E-state index in [0.717, 1.165) is 10.6 Å². The first-order chi connectivity index (χ1) is 12.1. The summed E-state index contributed by atoms with van der Waals surface area (Å²) in [7, 11) is 1.63. The molecule has 3 aromatic rings. The molecule has 0 spiro atoms. The molecule has 0 fully saturated rings. The van der Waals surface area contributed by atoms with Crippen LogP contribution in [0.3, 0.4) is 0 Å². The number of thioether (sulfide) groups is 1. The molecule has 1 atom stereocenters. The van der Waals surface area contributed by atoms with Crippen molar-refractivity contribution in [2.45, 2.75) is 23.9 Å². The molecule has 0 N–H and O–H groups in total. The highest BCUT2D eigenvalue weighted by Crippen LogP contribution is 2.27. The van der Waals surface area contributed by atoms with Gasteiger partial charge in [0.1, 0.15) is 0 Å². The van der Waals surface area contributed by atoms with E-state index in [4.69, 9.17) is 21.3 Å². The lowest BCUT2D eigenvalue weighted by atomic mass is 10.2. The number of para-hydroxylation sites is 1. The van der Waals surface area contributed by atoms with E-state index < -0.39 is 0 Å². The summed E-state index contributed by atoms with van der Waals surface area (Å²) in [5, 5.41) is 2.01. The largest absolute Gasteiger partial charge is 0.383 e. The molecule has 0 amide bonds. The molecular formula is C19H19ClN2O2S. The minimum absolute atomic E-state index is 0.0446. The first-order valence-corrected chi connectivity index (χ1v) is 9.34. The van der Waals surface area contributed by atoms with Crippen molar-refractivity contribution < 1.29 is 4.74 Å². The molecule has 1 heterocycles. The molecular weight excluding hydrogens is 356 g/mol. The molecule has 0 saturated heterocycles. The summed E-state index contributed by atoms with van der Waals surface area (Å²) in [6.45, 7) is 2.40. The fraction of sp³-hybridized carbons (Fsp3) is 0.263. The van der Waals surface area contributed by atoms with Crippen molar-refractivity contribution >= 4 is 34.3 Å². The zero-order chi connectivity index (χ0) is 17.8. The molecule has 3 rings (SSSR count). The van der Waals surface area contributed by atoms with E-state index in [1.165, 1.54) is 11.8 Å². The number of benzene rings is 2. The van der Waals surface area contributed by atoms with Crippen molar-refractivity contribution in [1.82, 2.24) is 9.55 Å². The number of halogens is 1.